The van der Waals surface area contributed by atoms with E-state index in [1.807, 2.05) is 32.6 Å². The second-order valence-corrected chi connectivity index (χ2v) is 7.36. The number of nitrogens with zero attached hydrogens (tertiary/aromatic N) is 3. The van der Waals surface area contributed by atoms with Crippen LogP contribution in [0.15, 0.2) is 12.4 Å². The molecule has 0 radical (unpaired) electrons. The van der Waals surface area contributed by atoms with Gasteiger partial charge in [0, 0.05) is 30.9 Å². The van der Waals surface area contributed by atoms with Gasteiger partial charge in [0.15, 0.2) is 0 Å². The highest BCUT2D eigenvalue weighted by atomic mass is 16.7. The maximum atomic E-state index is 11.6. The van der Waals surface area contributed by atoms with Crippen molar-refractivity contribution < 1.29 is 18.8 Å². The Bertz CT molecular complexity index is 604. The molecule has 0 amide bonds. The standard InChI is InChI=1S/C16H24BN3O4/c1-15(2)16(3,4)24-17(23-15)12-8-18-14(19-9-12)20-7-6-11(10-20)13(21)22-5/h8-9,11H,6-7,10H2,1-5H3/t11-/m1/s1. The third kappa shape index (κ3) is 3.00. The summed E-state index contributed by atoms with van der Waals surface area (Å²) in [5, 5.41) is 0. The van der Waals surface area contributed by atoms with Crippen molar-refractivity contribution in [2.45, 2.75) is 45.3 Å². The molecule has 0 saturated carbocycles. The maximum Gasteiger partial charge on any atom is 0.498 e. The summed E-state index contributed by atoms with van der Waals surface area (Å²) in [6.07, 6.45) is 4.22. The van der Waals surface area contributed by atoms with E-state index in [0.717, 1.165) is 18.4 Å². The van der Waals surface area contributed by atoms with Crippen LogP contribution in [0.1, 0.15) is 34.1 Å². The Kier molecular flexibility index (Phi) is 4.29. The molecule has 24 heavy (non-hydrogen) atoms. The fourth-order valence-electron chi connectivity index (χ4n) is 2.90. The van der Waals surface area contributed by atoms with E-state index in [2.05, 4.69) is 9.97 Å². The molecule has 1 atom stereocenters. The number of hydrogen-bond donors (Lipinski definition) is 0. The number of esters is 1. The average Bonchev–Trinajstić information content (AvgIpc) is 3.10. The number of anilines is 1. The van der Waals surface area contributed by atoms with Crippen molar-refractivity contribution in [3.63, 3.8) is 0 Å². The Morgan fingerprint density at radius 1 is 1.25 bits per heavy atom. The van der Waals surface area contributed by atoms with Crippen molar-refractivity contribution in [1.29, 1.82) is 0 Å². The molecule has 3 heterocycles. The first-order valence-electron chi connectivity index (χ1n) is 8.24. The van der Waals surface area contributed by atoms with Crippen molar-refractivity contribution in [2.75, 3.05) is 25.1 Å². The molecule has 2 saturated heterocycles. The van der Waals surface area contributed by atoms with Crippen LogP contribution in [0.3, 0.4) is 0 Å². The van der Waals surface area contributed by atoms with E-state index in [1.54, 1.807) is 12.4 Å². The van der Waals surface area contributed by atoms with Crippen molar-refractivity contribution in [3.05, 3.63) is 12.4 Å². The van der Waals surface area contributed by atoms with Crippen LogP contribution < -0.4 is 10.4 Å². The molecule has 3 rings (SSSR count). The Morgan fingerprint density at radius 3 is 2.38 bits per heavy atom. The zero-order valence-electron chi connectivity index (χ0n) is 14.9. The lowest BCUT2D eigenvalue weighted by Gasteiger charge is -2.32. The minimum absolute atomic E-state index is 0.110. The van der Waals surface area contributed by atoms with Crippen molar-refractivity contribution in [2.24, 2.45) is 5.92 Å². The van der Waals surface area contributed by atoms with E-state index in [9.17, 15) is 4.79 Å². The molecule has 0 bridgehead atoms. The fraction of sp³-hybridized carbons (Fsp3) is 0.688. The van der Waals surface area contributed by atoms with Gasteiger partial charge in [-0.3, -0.25) is 4.79 Å². The highest BCUT2D eigenvalue weighted by molar-refractivity contribution is 6.61. The van der Waals surface area contributed by atoms with Gasteiger partial charge in [0.1, 0.15) is 0 Å². The molecule has 0 aromatic carbocycles. The van der Waals surface area contributed by atoms with Gasteiger partial charge in [-0.25, -0.2) is 9.97 Å². The number of methoxy groups -OCH3 is 1. The predicted molar refractivity (Wildman–Crippen MR) is 90.1 cm³/mol. The fourth-order valence-corrected chi connectivity index (χ4v) is 2.90. The second kappa shape index (κ2) is 6.00. The lowest BCUT2D eigenvalue weighted by atomic mass is 9.81. The van der Waals surface area contributed by atoms with Gasteiger partial charge >= 0.3 is 13.1 Å². The summed E-state index contributed by atoms with van der Waals surface area (Å²) in [6.45, 7) is 9.38. The van der Waals surface area contributed by atoms with Gasteiger partial charge in [-0.1, -0.05) is 0 Å². The number of hydrogen-bond acceptors (Lipinski definition) is 7. The summed E-state index contributed by atoms with van der Waals surface area (Å²) < 4.78 is 16.8. The molecule has 2 aliphatic rings. The van der Waals surface area contributed by atoms with Crippen molar-refractivity contribution in [1.82, 2.24) is 9.97 Å². The van der Waals surface area contributed by atoms with Crippen molar-refractivity contribution in [3.8, 4) is 0 Å². The smallest absolute Gasteiger partial charge is 0.469 e. The van der Waals surface area contributed by atoms with Crippen LogP contribution in [0.25, 0.3) is 0 Å². The molecule has 0 aliphatic carbocycles. The van der Waals surface area contributed by atoms with E-state index >= 15 is 0 Å². The summed E-state index contributed by atoms with van der Waals surface area (Å²) in [6, 6.07) is 0. The van der Waals surface area contributed by atoms with Crippen molar-refractivity contribution >= 4 is 24.5 Å². The summed E-state index contributed by atoms with van der Waals surface area (Å²) >= 11 is 0. The van der Waals surface area contributed by atoms with Crippen LogP contribution in [0.2, 0.25) is 0 Å². The molecular formula is C16H24BN3O4. The third-order valence-corrected chi connectivity index (χ3v) is 5.19. The van der Waals surface area contributed by atoms with E-state index < -0.39 is 7.12 Å². The highest BCUT2D eigenvalue weighted by Gasteiger charge is 2.52. The second-order valence-electron chi connectivity index (χ2n) is 7.36. The lowest BCUT2D eigenvalue weighted by molar-refractivity contribution is -0.144. The number of ether oxygens (including phenoxy) is 1. The highest BCUT2D eigenvalue weighted by Crippen LogP contribution is 2.36. The molecule has 2 aliphatic heterocycles. The zero-order valence-corrected chi connectivity index (χ0v) is 14.9. The Morgan fingerprint density at radius 2 is 1.83 bits per heavy atom. The molecule has 1 aromatic heterocycles. The first-order chi connectivity index (χ1) is 11.2. The summed E-state index contributed by atoms with van der Waals surface area (Å²) in [4.78, 5) is 22.5. The topological polar surface area (TPSA) is 73.8 Å². The van der Waals surface area contributed by atoms with Crippen LogP contribution in [-0.4, -0.2) is 54.5 Å². The normalized spacial score (nSPS) is 25.1. The minimum atomic E-state index is -0.467. The summed E-state index contributed by atoms with van der Waals surface area (Å²) in [7, 11) is 0.950. The zero-order chi connectivity index (χ0) is 17.5. The number of carbonyl (C=O) groups is 1. The van der Waals surface area contributed by atoms with Gasteiger partial charge in [0.05, 0.1) is 24.2 Å². The minimum Gasteiger partial charge on any atom is -0.469 e. The Balaban J connectivity index is 1.68. The van der Waals surface area contributed by atoms with Gasteiger partial charge < -0.3 is 18.9 Å². The van der Waals surface area contributed by atoms with Gasteiger partial charge in [-0.2, -0.15) is 0 Å². The SMILES string of the molecule is COC(=O)[C@@H]1CCN(c2ncc(B3OC(C)(C)C(C)(C)O3)cn2)C1. The van der Waals surface area contributed by atoms with Crippen LogP contribution in [0.5, 0.6) is 0 Å². The number of carbonyl (C=O) groups excluding carboxylic acids is 1. The van der Waals surface area contributed by atoms with Gasteiger partial charge in [0.25, 0.3) is 0 Å². The van der Waals surface area contributed by atoms with Crippen LogP contribution in [0.4, 0.5) is 5.95 Å². The molecule has 7 nitrogen and oxygen atoms in total. The molecule has 0 spiro atoms. The predicted octanol–water partition coefficient (Wildman–Crippen LogP) is 0.775. The van der Waals surface area contributed by atoms with Gasteiger partial charge in [-0.15, -0.1) is 0 Å². The molecule has 8 heteroatoms. The molecule has 130 valence electrons. The monoisotopic (exact) mass is 333 g/mol. The molecule has 2 fully saturated rings. The first-order valence-corrected chi connectivity index (χ1v) is 8.24. The van der Waals surface area contributed by atoms with Gasteiger partial charge in [-0.05, 0) is 34.1 Å². The van der Waals surface area contributed by atoms with Gasteiger partial charge in [0.2, 0.25) is 5.95 Å². The van der Waals surface area contributed by atoms with E-state index in [1.165, 1.54) is 7.11 Å². The number of rotatable bonds is 3. The summed E-state index contributed by atoms with van der Waals surface area (Å²) in [5.74, 6) is 0.328. The van der Waals surface area contributed by atoms with E-state index in [4.69, 9.17) is 14.0 Å². The molecule has 0 unspecified atom stereocenters. The summed E-state index contributed by atoms with van der Waals surface area (Å²) in [5.41, 5.74) is 0.0130. The molecule has 0 N–H and O–H groups in total. The largest absolute Gasteiger partial charge is 0.498 e. The molecule has 1 aromatic rings. The lowest BCUT2D eigenvalue weighted by Crippen LogP contribution is -2.41. The Hall–Kier alpha value is -1.67. The number of aromatic nitrogens is 2. The van der Waals surface area contributed by atoms with Crippen LogP contribution >= 0.6 is 0 Å². The maximum absolute atomic E-state index is 11.6. The average molecular weight is 333 g/mol. The van der Waals surface area contributed by atoms with Crippen LogP contribution in [-0.2, 0) is 18.8 Å². The first kappa shape index (κ1) is 17.2. The molecular weight excluding hydrogens is 309 g/mol. The van der Waals surface area contributed by atoms with E-state index in [-0.39, 0.29) is 23.1 Å². The third-order valence-electron chi connectivity index (χ3n) is 5.19. The van der Waals surface area contributed by atoms with Crippen LogP contribution in [0, 0.1) is 5.92 Å². The Labute approximate surface area is 142 Å². The quantitative estimate of drug-likeness (QED) is 0.598. The van der Waals surface area contributed by atoms with E-state index in [0.29, 0.717) is 12.5 Å².